The number of benzene rings is 4. The fourth-order valence-electron chi connectivity index (χ4n) is 8.67. The fraction of sp³-hybridized carbons (Fsp3) is 0.357. The van der Waals surface area contributed by atoms with Crippen molar-refractivity contribution in [2.75, 3.05) is 6.54 Å². The molecule has 2 bridgehead atoms. The van der Waals surface area contributed by atoms with Gasteiger partial charge in [-0.25, -0.2) is 0 Å². The van der Waals surface area contributed by atoms with Gasteiger partial charge in [-0.1, -0.05) is 83.5 Å². The number of fused-ring (bicyclic) bond motifs is 4. The highest BCUT2D eigenvalue weighted by molar-refractivity contribution is 6.31. The summed E-state index contributed by atoms with van der Waals surface area (Å²) in [6, 6.07) is 26.8. The van der Waals surface area contributed by atoms with Crippen molar-refractivity contribution in [3.05, 3.63) is 127 Å². The lowest BCUT2D eigenvalue weighted by Gasteiger charge is -2.39. The summed E-state index contributed by atoms with van der Waals surface area (Å²) in [5.41, 5.74) is 8.63. The average Bonchev–Trinajstić information content (AvgIpc) is 3.74. The lowest BCUT2D eigenvalue weighted by Crippen LogP contribution is -2.51. The van der Waals surface area contributed by atoms with Crippen LogP contribution in [0, 0.1) is 0 Å². The summed E-state index contributed by atoms with van der Waals surface area (Å²) >= 11 is 24.4. The lowest BCUT2D eigenvalue weighted by atomic mass is 9.78. The Balaban J connectivity index is 0.000000251. The van der Waals surface area contributed by atoms with Crippen molar-refractivity contribution in [1.29, 1.82) is 0 Å². The average molecular weight is 809 g/mol. The zero-order valence-electron chi connectivity index (χ0n) is 29.6. The molecule has 8 rings (SSSR count). The smallest absolute Gasteiger partial charge is 0.239 e. The molecular weight excluding hydrogens is 766 g/mol. The summed E-state index contributed by atoms with van der Waals surface area (Å²) in [4.78, 5) is 40.5. The molecule has 0 aromatic heterocycles. The highest BCUT2D eigenvalue weighted by Crippen LogP contribution is 2.46. The molecule has 0 spiro atoms. The maximum atomic E-state index is 13.4. The van der Waals surface area contributed by atoms with E-state index in [0.717, 1.165) is 68.5 Å². The summed E-state index contributed by atoms with van der Waals surface area (Å²) in [6.45, 7) is 0.785. The molecule has 1 saturated carbocycles. The SMILES string of the molecule is NC(=O)C1(c2ccc(Cl)cc2)CCCC1.O=C(CNC(=O)C1c2cc(Cl)ccc2Oc2ccc(Cl)cc21)NC1CC2CCC(C1)N2Cc1ccc(Cl)cc1. The molecule has 4 N–H and O–H groups in total. The van der Waals surface area contributed by atoms with Crippen LogP contribution in [-0.2, 0) is 26.3 Å². The van der Waals surface area contributed by atoms with Crippen LogP contribution >= 0.6 is 46.4 Å². The van der Waals surface area contributed by atoms with Crippen LogP contribution < -0.4 is 21.1 Å². The number of rotatable bonds is 8. The molecule has 2 unspecified atom stereocenters. The summed E-state index contributed by atoms with van der Waals surface area (Å²) in [6.07, 6.45) is 7.96. The topological polar surface area (TPSA) is 114 Å². The largest absolute Gasteiger partial charge is 0.457 e. The number of carbonyl (C=O) groups excluding carboxylic acids is 3. The van der Waals surface area contributed by atoms with E-state index in [1.54, 1.807) is 36.4 Å². The molecule has 12 heteroatoms. The van der Waals surface area contributed by atoms with Gasteiger partial charge in [0.05, 0.1) is 17.9 Å². The number of piperidine rings is 1. The third-order valence-corrected chi connectivity index (χ3v) is 12.3. The highest BCUT2D eigenvalue weighted by atomic mass is 35.5. The minimum absolute atomic E-state index is 0.0931. The number of amides is 3. The van der Waals surface area contributed by atoms with E-state index in [-0.39, 0.29) is 30.3 Å². The number of carbonyl (C=O) groups is 3. The van der Waals surface area contributed by atoms with E-state index in [2.05, 4.69) is 27.7 Å². The van der Waals surface area contributed by atoms with Gasteiger partial charge in [-0.3, -0.25) is 19.3 Å². The Hall–Kier alpha value is -3.79. The van der Waals surface area contributed by atoms with Crippen LogP contribution in [0.15, 0.2) is 84.9 Å². The van der Waals surface area contributed by atoms with Crippen molar-refractivity contribution in [1.82, 2.24) is 15.5 Å². The van der Waals surface area contributed by atoms with E-state index in [9.17, 15) is 14.4 Å². The van der Waals surface area contributed by atoms with Gasteiger partial charge in [0.15, 0.2) is 0 Å². The molecule has 282 valence electrons. The standard InChI is InChI=1S/C30H28Cl3N3O3.C12H14ClNO/c31-18-3-1-17(2-4-18)16-36-22-7-8-23(36)14-21(13-22)35-28(37)15-34-30(38)29-24-11-19(32)5-9-26(24)39-27-10-6-20(33)12-25(27)29;13-10-5-3-9(4-6-10)12(11(14)15)7-1-2-8-12/h1-6,9-12,21-23,29H,7-8,13-16H2,(H,34,38)(H,35,37);3-6H,1-2,7-8H2,(H2,14,15). The number of nitrogens with two attached hydrogens (primary N) is 1. The first-order chi connectivity index (χ1) is 26.0. The second-order valence-corrected chi connectivity index (χ2v) is 16.4. The molecule has 8 nitrogen and oxygen atoms in total. The number of ether oxygens (including phenoxy) is 1. The van der Waals surface area contributed by atoms with Gasteiger partial charge in [-0.15, -0.1) is 0 Å². The van der Waals surface area contributed by atoms with Crippen molar-refractivity contribution in [2.45, 2.75) is 87.4 Å². The van der Waals surface area contributed by atoms with Crippen molar-refractivity contribution in [3.8, 4) is 11.5 Å². The molecule has 4 aliphatic rings. The highest BCUT2D eigenvalue weighted by Gasteiger charge is 2.42. The van der Waals surface area contributed by atoms with Crippen molar-refractivity contribution in [2.24, 2.45) is 5.73 Å². The van der Waals surface area contributed by atoms with Crippen LogP contribution in [0.3, 0.4) is 0 Å². The van der Waals surface area contributed by atoms with Gasteiger partial charge < -0.3 is 21.1 Å². The van der Waals surface area contributed by atoms with Gasteiger partial charge in [-0.05, 0) is 110 Å². The minimum atomic E-state index is -0.694. The van der Waals surface area contributed by atoms with Gasteiger partial charge in [-0.2, -0.15) is 0 Å². The minimum Gasteiger partial charge on any atom is -0.457 e. The van der Waals surface area contributed by atoms with E-state index >= 15 is 0 Å². The van der Waals surface area contributed by atoms with Crippen LogP contribution in [0.25, 0.3) is 0 Å². The first kappa shape index (κ1) is 38.5. The lowest BCUT2D eigenvalue weighted by molar-refractivity contribution is -0.127. The maximum Gasteiger partial charge on any atom is 0.239 e. The number of hydrogen-bond donors (Lipinski definition) is 3. The number of hydrogen-bond acceptors (Lipinski definition) is 5. The Bertz CT molecular complexity index is 1950. The van der Waals surface area contributed by atoms with Crippen LogP contribution in [0.2, 0.25) is 20.1 Å². The Labute approximate surface area is 335 Å². The van der Waals surface area contributed by atoms with Crippen LogP contribution in [0.4, 0.5) is 0 Å². The molecule has 54 heavy (non-hydrogen) atoms. The first-order valence-electron chi connectivity index (χ1n) is 18.4. The maximum absolute atomic E-state index is 13.4. The Morgan fingerprint density at radius 2 is 1.26 bits per heavy atom. The predicted molar refractivity (Wildman–Crippen MR) is 214 cm³/mol. The summed E-state index contributed by atoms with van der Waals surface area (Å²) < 4.78 is 5.98. The number of nitrogens with one attached hydrogen (secondary N) is 2. The summed E-state index contributed by atoms with van der Waals surface area (Å²) in [7, 11) is 0. The second-order valence-electron chi connectivity index (χ2n) is 14.7. The molecule has 3 aliphatic heterocycles. The number of nitrogens with zero attached hydrogens (tertiary/aromatic N) is 1. The zero-order valence-corrected chi connectivity index (χ0v) is 32.7. The van der Waals surface area contributed by atoms with Crippen molar-refractivity contribution in [3.63, 3.8) is 0 Å². The molecule has 1 aliphatic carbocycles. The molecule has 3 amide bonds. The van der Waals surface area contributed by atoms with E-state index in [4.69, 9.17) is 56.9 Å². The van der Waals surface area contributed by atoms with E-state index < -0.39 is 11.3 Å². The molecule has 3 heterocycles. The van der Waals surface area contributed by atoms with E-state index in [1.807, 2.05) is 36.4 Å². The van der Waals surface area contributed by atoms with E-state index in [1.165, 1.54) is 5.56 Å². The Kier molecular flexibility index (Phi) is 11.8. The van der Waals surface area contributed by atoms with Gasteiger partial charge in [0.2, 0.25) is 17.7 Å². The summed E-state index contributed by atoms with van der Waals surface area (Å²) in [5.74, 6) is -0.288. The Morgan fingerprint density at radius 3 is 1.80 bits per heavy atom. The van der Waals surface area contributed by atoms with Gasteiger partial charge in [0.25, 0.3) is 0 Å². The third kappa shape index (κ3) is 8.38. The van der Waals surface area contributed by atoms with Crippen LogP contribution in [0.1, 0.15) is 79.5 Å². The Morgan fingerprint density at radius 1 is 0.741 bits per heavy atom. The second kappa shape index (κ2) is 16.5. The number of halogens is 4. The molecule has 2 saturated heterocycles. The molecular formula is C42H42Cl4N4O4. The van der Waals surface area contributed by atoms with E-state index in [0.29, 0.717) is 49.8 Å². The van der Waals surface area contributed by atoms with Gasteiger partial charge in [0, 0.05) is 55.9 Å². The normalized spacial score (nSPS) is 21.1. The molecule has 0 radical (unpaired) electrons. The summed E-state index contributed by atoms with van der Waals surface area (Å²) in [5, 5.41) is 8.42. The quantitative estimate of drug-likeness (QED) is 0.165. The predicted octanol–water partition coefficient (Wildman–Crippen LogP) is 8.95. The molecule has 4 aromatic rings. The first-order valence-corrected chi connectivity index (χ1v) is 19.9. The molecule has 3 fully saturated rings. The number of primary amides is 1. The van der Waals surface area contributed by atoms with Gasteiger partial charge >= 0.3 is 0 Å². The zero-order chi connectivity index (χ0) is 38.0. The van der Waals surface area contributed by atoms with Crippen molar-refractivity contribution < 1.29 is 19.1 Å². The molecule has 4 aromatic carbocycles. The fourth-order valence-corrected chi connectivity index (χ4v) is 9.28. The van der Waals surface area contributed by atoms with Crippen LogP contribution in [-0.4, -0.2) is 47.3 Å². The third-order valence-electron chi connectivity index (χ3n) is 11.3. The van der Waals surface area contributed by atoms with Crippen LogP contribution in [0.5, 0.6) is 11.5 Å². The molecule has 2 atom stereocenters. The van der Waals surface area contributed by atoms with Gasteiger partial charge in [0.1, 0.15) is 11.5 Å². The monoisotopic (exact) mass is 806 g/mol. The van der Waals surface area contributed by atoms with Crippen molar-refractivity contribution >= 4 is 64.1 Å².